The van der Waals surface area contributed by atoms with Gasteiger partial charge in [0.25, 0.3) is 0 Å². The minimum atomic E-state index is -0.130. The molecular formula is C20H32N4O3. The molecule has 150 valence electrons. The number of likely N-dealkylation sites (tertiary alicyclic amines) is 1. The molecule has 0 aromatic carbocycles. The number of nitrogens with zero attached hydrogens (tertiary/aromatic N) is 4. The molecule has 7 heteroatoms. The van der Waals surface area contributed by atoms with E-state index in [4.69, 9.17) is 4.52 Å². The number of hydrogen-bond donors (Lipinski definition) is 0. The van der Waals surface area contributed by atoms with Crippen LogP contribution in [0.4, 0.5) is 0 Å². The molecule has 3 rings (SSSR count). The summed E-state index contributed by atoms with van der Waals surface area (Å²) >= 11 is 0. The Bertz CT molecular complexity index is 639. The van der Waals surface area contributed by atoms with Crippen molar-refractivity contribution in [1.29, 1.82) is 0 Å². The van der Waals surface area contributed by atoms with Gasteiger partial charge in [-0.15, -0.1) is 0 Å². The zero-order valence-electron chi connectivity index (χ0n) is 16.7. The predicted molar refractivity (Wildman–Crippen MR) is 101 cm³/mol. The van der Waals surface area contributed by atoms with Crippen molar-refractivity contribution >= 4 is 11.8 Å². The molecule has 2 heterocycles. The van der Waals surface area contributed by atoms with Gasteiger partial charge in [0.15, 0.2) is 5.82 Å². The summed E-state index contributed by atoms with van der Waals surface area (Å²) in [5.74, 6) is 1.90. The Kier molecular flexibility index (Phi) is 6.85. The van der Waals surface area contributed by atoms with Crippen LogP contribution in [0.1, 0.15) is 70.0 Å². The zero-order chi connectivity index (χ0) is 19.2. The average Bonchev–Trinajstić information content (AvgIpc) is 3.11. The van der Waals surface area contributed by atoms with Gasteiger partial charge in [-0.3, -0.25) is 9.59 Å². The largest absolute Gasteiger partial charge is 0.342 e. The second-order valence-corrected chi connectivity index (χ2v) is 8.09. The summed E-state index contributed by atoms with van der Waals surface area (Å²) in [7, 11) is 1.77. The van der Waals surface area contributed by atoms with Crippen molar-refractivity contribution in [3.8, 4) is 0 Å². The Morgan fingerprint density at radius 2 is 2.04 bits per heavy atom. The number of carbonyl (C=O) groups is 2. The summed E-state index contributed by atoms with van der Waals surface area (Å²) in [5.41, 5.74) is 0. The van der Waals surface area contributed by atoms with Crippen LogP contribution in [0.25, 0.3) is 0 Å². The van der Waals surface area contributed by atoms with E-state index in [0.717, 1.165) is 19.4 Å². The fourth-order valence-corrected chi connectivity index (χ4v) is 4.25. The zero-order valence-corrected chi connectivity index (χ0v) is 16.7. The first-order chi connectivity index (χ1) is 13.1. The van der Waals surface area contributed by atoms with E-state index in [1.165, 1.54) is 32.1 Å². The van der Waals surface area contributed by atoms with Crippen molar-refractivity contribution < 1.29 is 14.1 Å². The number of piperidine rings is 1. The van der Waals surface area contributed by atoms with Gasteiger partial charge < -0.3 is 14.3 Å². The van der Waals surface area contributed by atoms with Gasteiger partial charge in [0.2, 0.25) is 17.7 Å². The van der Waals surface area contributed by atoms with Gasteiger partial charge >= 0.3 is 0 Å². The molecule has 1 saturated heterocycles. The van der Waals surface area contributed by atoms with E-state index in [1.54, 1.807) is 11.9 Å². The van der Waals surface area contributed by atoms with E-state index < -0.39 is 0 Å². The molecule has 1 saturated carbocycles. The maximum Gasteiger partial charge on any atom is 0.246 e. The van der Waals surface area contributed by atoms with Crippen LogP contribution in [-0.2, 0) is 22.6 Å². The Morgan fingerprint density at radius 3 is 2.78 bits per heavy atom. The highest BCUT2D eigenvalue weighted by molar-refractivity contribution is 5.83. The minimum Gasteiger partial charge on any atom is -0.342 e. The summed E-state index contributed by atoms with van der Waals surface area (Å²) < 4.78 is 5.24. The molecule has 0 spiro atoms. The molecule has 2 fully saturated rings. The van der Waals surface area contributed by atoms with E-state index in [9.17, 15) is 9.59 Å². The second-order valence-electron chi connectivity index (χ2n) is 8.09. The smallest absolute Gasteiger partial charge is 0.246 e. The number of carbonyl (C=O) groups excluding carboxylic acids is 2. The average molecular weight is 377 g/mol. The van der Waals surface area contributed by atoms with E-state index in [2.05, 4.69) is 17.1 Å². The molecule has 1 aliphatic carbocycles. The molecule has 1 aromatic rings. The predicted octanol–water partition coefficient (Wildman–Crippen LogP) is 2.80. The molecular weight excluding hydrogens is 344 g/mol. The topological polar surface area (TPSA) is 79.5 Å². The Labute approximate surface area is 161 Å². The molecule has 1 atom stereocenters. The first kappa shape index (κ1) is 19.8. The van der Waals surface area contributed by atoms with E-state index >= 15 is 0 Å². The third-order valence-corrected chi connectivity index (χ3v) is 5.79. The Balaban J connectivity index is 1.53. The van der Waals surface area contributed by atoms with Crippen LogP contribution in [0.2, 0.25) is 0 Å². The summed E-state index contributed by atoms with van der Waals surface area (Å²) in [4.78, 5) is 33.1. The van der Waals surface area contributed by atoms with Gasteiger partial charge in [-0.25, -0.2) is 0 Å². The summed E-state index contributed by atoms with van der Waals surface area (Å²) in [5, 5.41) is 3.94. The molecule has 7 nitrogen and oxygen atoms in total. The normalized spacial score (nSPS) is 21.5. The van der Waals surface area contributed by atoms with E-state index in [0.29, 0.717) is 43.6 Å². The molecule has 0 radical (unpaired) electrons. The molecule has 2 amide bonds. The lowest BCUT2D eigenvalue weighted by Gasteiger charge is -2.36. The first-order valence-corrected chi connectivity index (χ1v) is 10.4. The Hall–Kier alpha value is -1.92. The number of amides is 2. The molecule has 0 bridgehead atoms. The highest BCUT2D eigenvalue weighted by Crippen LogP contribution is 2.27. The summed E-state index contributed by atoms with van der Waals surface area (Å²) in [6, 6.07) is 0. The fourth-order valence-electron chi connectivity index (χ4n) is 4.25. The van der Waals surface area contributed by atoms with E-state index in [-0.39, 0.29) is 17.7 Å². The highest BCUT2D eigenvalue weighted by atomic mass is 16.5. The van der Waals surface area contributed by atoms with Crippen LogP contribution >= 0.6 is 0 Å². The Morgan fingerprint density at radius 1 is 1.26 bits per heavy atom. The van der Waals surface area contributed by atoms with Crippen LogP contribution in [0.3, 0.4) is 0 Å². The van der Waals surface area contributed by atoms with Gasteiger partial charge in [0, 0.05) is 33.0 Å². The first-order valence-electron chi connectivity index (χ1n) is 10.4. The number of hydrogen-bond acceptors (Lipinski definition) is 5. The monoisotopic (exact) mass is 376 g/mol. The van der Waals surface area contributed by atoms with Crippen molar-refractivity contribution in [2.24, 2.45) is 11.8 Å². The molecule has 0 N–H and O–H groups in total. The maximum absolute atomic E-state index is 12.9. The molecule has 1 aliphatic heterocycles. The third kappa shape index (κ3) is 5.30. The van der Waals surface area contributed by atoms with Crippen LogP contribution < -0.4 is 0 Å². The molecule has 0 unspecified atom stereocenters. The second kappa shape index (κ2) is 9.33. The maximum atomic E-state index is 12.9. The number of rotatable bonds is 7. The van der Waals surface area contributed by atoms with Gasteiger partial charge in [-0.2, -0.15) is 4.98 Å². The van der Waals surface area contributed by atoms with Gasteiger partial charge in [-0.05, 0) is 31.6 Å². The van der Waals surface area contributed by atoms with Crippen molar-refractivity contribution in [2.45, 2.75) is 71.3 Å². The van der Waals surface area contributed by atoms with Crippen molar-refractivity contribution in [1.82, 2.24) is 19.9 Å². The van der Waals surface area contributed by atoms with Crippen LogP contribution in [-0.4, -0.2) is 51.9 Å². The quantitative estimate of drug-likeness (QED) is 0.731. The van der Waals surface area contributed by atoms with Crippen LogP contribution in [0.15, 0.2) is 4.52 Å². The van der Waals surface area contributed by atoms with Crippen molar-refractivity contribution in [3.63, 3.8) is 0 Å². The lowest BCUT2D eigenvalue weighted by Crippen LogP contribution is -2.47. The summed E-state index contributed by atoms with van der Waals surface area (Å²) in [6.07, 6.45) is 9.10. The highest BCUT2D eigenvalue weighted by Gasteiger charge is 2.33. The number of aryl methyl sites for hydroxylation is 1. The van der Waals surface area contributed by atoms with Crippen LogP contribution in [0, 0.1) is 11.8 Å². The molecule has 1 aromatic heterocycles. The fraction of sp³-hybridized carbons (Fsp3) is 0.800. The van der Waals surface area contributed by atoms with Crippen molar-refractivity contribution in [3.05, 3.63) is 11.7 Å². The molecule has 2 aliphatic rings. The van der Waals surface area contributed by atoms with Gasteiger partial charge in [0.05, 0.1) is 12.5 Å². The minimum absolute atomic E-state index is 0.0615. The van der Waals surface area contributed by atoms with Crippen molar-refractivity contribution in [2.75, 3.05) is 20.1 Å². The lowest BCUT2D eigenvalue weighted by molar-refractivity contribution is -0.143. The van der Waals surface area contributed by atoms with Crippen LogP contribution in [0.5, 0.6) is 0 Å². The van der Waals surface area contributed by atoms with Gasteiger partial charge in [-0.1, -0.05) is 31.3 Å². The molecule has 27 heavy (non-hydrogen) atoms. The standard InChI is InChI=1S/C20H32N4O3/c1-3-7-17-21-18(27-22-17)14-23(2)20(26)16-10-11-19(25)24(13-16)12-15-8-5-4-6-9-15/h15-16H,3-14H2,1-2H3/t16-/m1/s1. The third-order valence-electron chi connectivity index (χ3n) is 5.79. The SMILES string of the molecule is CCCc1noc(CN(C)C(=O)[C@@H]2CCC(=O)N(CC3CCCCC3)C2)n1. The van der Waals surface area contributed by atoms with Gasteiger partial charge in [0.1, 0.15) is 0 Å². The lowest BCUT2D eigenvalue weighted by atomic mass is 9.87. The number of aromatic nitrogens is 2. The summed E-state index contributed by atoms with van der Waals surface area (Å²) in [6.45, 7) is 3.75. The van der Waals surface area contributed by atoms with E-state index in [1.807, 2.05) is 4.90 Å².